The molecule has 398 valence electrons. The number of aliphatic hydroxyl groups is 1. The van der Waals surface area contributed by atoms with E-state index in [1.54, 1.807) is 6.08 Å². The van der Waals surface area contributed by atoms with Gasteiger partial charge >= 0.3 is 0 Å². The highest BCUT2D eigenvalue weighted by Crippen LogP contribution is 2.38. The van der Waals surface area contributed by atoms with Crippen molar-refractivity contribution in [3.05, 3.63) is 24.3 Å². The molecule has 0 heterocycles. The first-order valence-corrected chi connectivity index (χ1v) is 30.7. The van der Waals surface area contributed by atoms with Gasteiger partial charge in [0.25, 0.3) is 7.82 Å². The number of unbranched alkanes of at least 4 members (excludes halogenated alkanes) is 39. The van der Waals surface area contributed by atoms with Crippen molar-refractivity contribution in [2.24, 2.45) is 0 Å². The Hall–Kier alpha value is -1.02. The lowest BCUT2D eigenvalue weighted by atomic mass is 10.0. The first-order chi connectivity index (χ1) is 32.5. The number of aliphatic hydroxyl groups excluding tert-OH is 1. The zero-order valence-corrected chi connectivity index (χ0v) is 46.3. The van der Waals surface area contributed by atoms with Crippen molar-refractivity contribution >= 4 is 13.7 Å². The third-order valence-electron chi connectivity index (χ3n) is 13.4. The molecule has 9 heteroatoms. The topological polar surface area (TPSA) is 108 Å². The van der Waals surface area contributed by atoms with Crippen molar-refractivity contribution in [2.75, 3.05) is 40.9 Å². The quantitative estimate of drug-likeness (QED) is 0.0272. The number of allylic oxidation sites excluding steroid dienone is 3. The van der Waals surface area contributed by atoms with Crippen LogP contribution in [0.25, 0.3) is 0 Å². The maximum absolute atomic E-state index is 13.0. The monoisotopic (exact) mass is 967 g/mol. The molecule has 0 aliphatic heterocycles. The van der Waals surface area contributed by atoms with E-state index in [1.807, 2.05) is 27.2 Å². The molecule has 0 saturated carbocycles. The van der Waals surface area contributed by atoms with Crippen LogP contribution in [0.4, 0.5) is 0 Å². The van der Waals surface area contributed by atoms with Crippen molar-refractivity contribution in [1.29, 1.82) is 0 Å². The molecular weight excluding hydrogens is 852 g/mol. The van der Waals surface area contributed by atoms with E-state index in [0.29, 0.717) is 17.4 Å². The molecule has 0 aromatic carbocycles. The summed E-state index contributed by atoms with van der Waals surface area (Å²) in [4.78, 5) is 25.5. The number of nitrogens with one attached hydrogen (secondary N) is 1. The van der Waals surface area contributed by atoms with E-state index >= 15 is 0 Å². The minimum absolute atomic E-state index is 0.000178. The van der Waals surface area contributed by atoms with Crippen molar-refractivity contribution < 1.29 is 32.9 Å². The highest BCUT2D eigenvalue weighted by Gasteiger charge is 2.23. The Kier molecular flexibility index (Phi) is 49.2. The van der Waals surface area contributed by atoms with E-state index in [0.717, 1.165) is 38.5 Å². The van der Waals surface area contributed by atoms with Crippen LogP contribution in [0.3, 0.4) is 0 Å². The van der Waals surface area contributed by atoms with Crippen LogP contribution in [0, 0.1) is 0 Å². The van der Waals surface area contributed by atoms with E-state index in [4.69, 9.17) is 9.05 Å². The summed E-state index contributed by atoms with van der Waals surface area (Å²) < 4.78 is 23.4. The molecule has 2 N–H and O–H groups in total. The fourth-order valence-corrected chi connectivity index (χ4v) is 9.52. The van der Waals surface area contributed by atoms with Crippen LogP contribution < -0.4 is 10.2 Å². The van der Waals surface area contributed by atoms with Crippen LogP contribution in [0.5, 0.6) is 0 Å². The first-order valence-electron chi connectivity index (χ1n) is 29.2. The molecule has 1 amide bonds. The van der Waals surface area contributed by atoms with Gasteiger partial charge in [-0.15, -0.1) is 0 Å². The Labute approximate surface area is 417 Å². The van der Waals surface area contributed by atoms with E-state index in [9.17, 15) is 19.4 Å². The summed E-state index contributed by atoms with van der Waals surface area (Å²) in [5, 5.41) is 13.9. The van der Waals surface area contributed by atoms with Crippen molar-refractivity contribution in [1.82, 2.24) is 5.32 Å². The number of carbonyl (C=O) groups excluding carboxylic acids is 1. The molecule has 3 atom stereocenters. The second-order valence-corrected chi connectivity index (χ2v) is 22.8. The third-order valence-corrected chi connectivity index (χ3v) is 14.4. The van der Waals surface area contributed by atoms with Crippen LogP contribution in [-0.2, 0) is 18.4 Å². The van der Waals surface area contributed by atoms with Crippen LogP contribution in [0.2, 0.25) is 0 Å². The van der Waals surface area contributed by atoms with Crippen molar-refractivity contribution in [3.63, 3.8) is 0 Å². The average molecular weight is 968 g/mol. The molecule has 0 aliphatic rings. The van der Waals surface area contributed by atoms with Crippen molar-refractivity contribution in [3.8, 4) is 0 Å². The Morgan fingerprint density at radius 1 is 0.507 bits per heavy atom. The Bertz CT molecular complexity index is 1140. The molecule has 0 saturated heterocycles. The first kappa shape index (κ1) is 66.0. The lowest BCUT2D eigenvalue weighted by molar-refractivity contribution is -0.870. The third kappa shape index (κ3) is 52.6. The fourth-order valence-electron chi connectivity index (χ4n) is 8.80. The predicted molar refractivity (Wildman–Crippen MR) is 289 cm³/mol. The molecule has 0 radical (unpaired) electrons. The molecule has 3 unspecified atom stereocenters. The summed E-state index contributed by atoms with van der Waals surface area (Å²) in [7, 11) is 1.27. The lowest BCUT2D eigenvalue weighted by Crippen LogP contribution is -2.45. The van der Waals surface area contributed by atoms with E-state index < -0.39 is 20.0 Å². The van der Waals surface area contributed by atoms with Crippen LogP contribution in [-0.4, -0.2) is 68.5 Å². The number of rotatable bonds is 54. The van der Waals surface area contributed by atoms with Gasteiger partial charge in [0, 0.05) is 6.42 Å². The Morgan fingerprint density at radius 3 is 1.16 bits per heavy atom. The van der Waals surface area contributed by atoms with Gasteiger partial charge in [0.15, 0.2) is 0 Å². The van der Waals surface area contributed by atoms with E-state index in [1.165, 1.54) is 231 Å². The summed E-state index contributed by atoms with van der Waals surface area (Å²) >= 11 is 0. The smallest absolute Gasteiger partial charge is 0.268 e. The molecule has 67 heavy (non-hydrogen) atoms. The molecule has 0 spiro atoms. The average Bonchev–Trinajstić information content (AvgIpc) is 3.29. The SMILES string of the molecule is CCCCCCCCCCCC/C=C\CCCCCCCCCC(=O)NC(COP(=O)([O-])OCC[N+](C)(C)C)C(O)/C=C/CCCCCCCCCCCCCCCCCCCCCCCC. The van der Waals surface area contributed by atoms with Gasteiger partial charge in [-0.2, -0.15) is 0 Å². The van der Waals surface area contributed by atoms with E-state index in [2.05, 4.69) is 31.3 Å². The largest absolute Gasteiger partial charge is 0.756 e. The highest BCUT2D eigenvalue weighted by molar-refractivity contribution is 7.45. The zero-order valence-electron chi connectivity index (χ0n) is 45.4. The second kappa shape index (κ2) is 49.9. The molecule has 0 aromatic heterocycles. The van der Waals surface area contributed by atoms with Gasteiger partial charge < -0.3 is 28.8 Å². The van der Waals surface area contributed by atoms with E-state index in [-0.39, 0.29) is 19.1 Å². The van der Waals surface area contributed by atoms with Crippen LogP contribution in [0.1, 0.15) is 290 Å². The standard InChI is InChI=1S/C58H115N2O6P/c1-6-8-10-12-14-16-18-20-22-24-26-28-29-30-32-33-35-37-39-41-43-45-47-49-51-57(61)56(55-66-67(63,64)65-54-53-60(3,4)5)59-58(62)52-50-48-46-44-42-40-38-36-34-31-27-25-23-21-19-17-15-13-11-9-7-2/h31,34,49,51,56-57,61H,6-30,32-33,35-48,50,52-55H2,1-5H3,(H-,59,62,63,64)/b34-31-,51-49+. The minimum Gasteiger partial charge on any atom is -0.756 e. The zero-order chi connectivity index (χ0) is 49.2. The van der Waals surface area contributed by atoms with Gasteiger partial charge in [0.05, 0.1) is 39.9 Å². The molecule has 0 rings (SSSR count). The Morgan fingerprint density at radius 2 is 0.821 bits per heavy atom. The number of phosphoric ester groups is 1. The van der Waals surface area contributed by atoms with Crippen LogP contribution in [0.15, 0.2) is 24.3 Å². The summed E-state index contributed by atoms with van der Waals surface area (Å²) in [5.41, 5.74) is 0. The summed E-state index contributed by atoms with van der Waals surface area (Å²) in [6, 6.07) is -0.887. The molecule has 8 nitrogen and oxygen atoms in total. The molecule has 0 bridgehead atoms. The Balaban J connectivity index is 4.21. The molecule has 0 aliphatic carbocycles. The van der Waals surface area contributed by atoms with Gasteiger partial charge in [0.2, 0.25) is 5.91 Å². The highest BCUT2D eigenvalue weighted by atomic mass is 31.2. The number of nitrogens with zero attached hydrogens (tertiary/aromatic N) is 1. The van der Waals surface area contributed by atoms with Crippen LogP contribution >= 0.6 is 7.82 Å². The number of phosphoric acid groups is 1. The summed E-state index contributed by atoms with van der Waals surface area (Å²) in [6.45, 7) is 4.69. The second-order valence-electron chi connectivity index (χ2n) is 21.4. The van der Waals surface area contributed by atoms with Crippen molar-refractivity contribution in [2.45, 2.75) is 302 Å². The molecule has 0 aromatic rings. The molecule has 0 fully saturated rings. The number of likely N-dealkylation sites (N-methyl/N-ethyl adjacent to an activating group) is 1. The predicted octanol–water partition coefficient (Wildman–Crippen LogP) is 17.0. The number of amides is 1. The van der Waals surface area contributed by atoms with Gasteiger partial charge in [-0.3, -0.25) is 9.36 Å². The minimum atomic E-state index is -4.60. The van der Waals surface area contributed by atoms with Gasteiger partial charge in [-0.25, -0.2) is 0 Å². The fraction of sp³-hybridized carbons (Fsp3) is 0.914. The normalized spacial score (nSPS) is 14.1. The maximum Gasteiger partial charge on any atom is 0.268 e. The maximum atomic E-state index is 13.0. The van der Waals surface area contributed by atoms with Gasteiger partial charge in [-0.05, 0) is 44.9 Å². The molecular formula is C58H115N2O6P. The summed E-state index contributed by atoms with van der Waals surface area (Å²) in [5.74, 6) is -0.197. The summed E-state index contributed by atoms with van der Waals surface area (Å²) in [6.07, 6.45) is 62.5. The van der Waals surface area contributed by atoms with Gasteiger partial charge in [-0.1, -0.05) is 263 Å². The lowest BCUT2D eigenvalue weighted by Gasteiger charge is -2.29. The van der Waals surface area contributed by atoms with Gasteiger partial charge in [0.1, 0.15) is 13.2 Å². The number of quaternary nitrogens is 1. The number of hydrogen-bond acceptors (Lipinski definition) is 6. The number of hydrogen-bond donors (Lipinski definition) is 2. The number of carbonyl (C=O) groups is 1.